The summed E-state index contributed by atoms with van der Waals surface area (Å²) in [6.07, 6.45) is -4.35. The Bertz CT molecular complexity index is 536. The van der Waals surface area contributed by atoms with Crippen molar-refractivity contribution >= 4 is 5.69 Å². The van der Waals surface area contributed by atoms with E-state index in [0.717, 1.165) is 12.1 Å². The van der Waals surface area contributed by atoms with E-state index in [-0.39, 0.29) is 6.54 Å². The predicted octanol–water partition coefficient (Wildman–Crippen LogP) is 3.01. The summed E-state index contributed by atoms with van der Waals surface area (Å²) in [5, 5.41) is 6.37. The van der Waals surface area contributed by atoms with Crippen molar-refractivity contribution in [2.45, 2.75) is 19.6 Å². The monoisotopic (exact) mass is 257 g/mol. The van der Waals surface area contributed by atoms with Crippen molar-refractivity contribution in [3.05, 3.63) is 41.5 Å². The standard InChI is InChI=1S/C11H10F3N3O/c1-7-16-10(18-17-7)6-15-9-4-2-3-8(5-9)11(12,13)14/h2-5,15H,6H2,1H3. The van der Waals surface area contributed by atoms with Crippen molar-refractivity contribution in [3.8, 4) is 0 Å². The lowest BCUT2D eigenvalue weighted by atomic mass is 10.2. The highest BCUT2D eigenvalue weighted by Crippen LogP contribution is 2.30. The van der Waals surface area contributed by atoms with Crippen LogP contribution >= 0.6 is 0 Å². The topological polar surface area (TPSA) is 51.0 Å². The van der Waals surface area contributed by atoms with Gasteiger partial charge >= 0.3 is 6.18 Å². The molecule has 0 atom stereocenters. The highest BCUT2D eigenvalue weighted by atomic mass is 19.4. The van der Waals surface area contributed by atoms with E-state index in [9.17, 15) is 13.2 Å². The van der Waals surface area contributed by atoms with E-state index in [2.05, 4.69) is 15.5 Å². The van der Waals surface area contributed by atoms with Gasteiger partial charge in [-0.15, -0.1) is 0 Å². The molecule has 1 heterocycles. The maximum atomic E-state index is 12.5. The summed E-state index contributed by atoms with van der Waals surface area (Å²) >= 11 is 0. The van der Waals surface area contributed by atoms with Crippen molar-refractivity contribution in [1.29, 1.82) is 0 Å². The molecule has 0 spiro atoms. The second-order valence-corrected chi connectivity index (χ2v) is 3.67. The smallest absolute Gasteiger partial charge is 0.376 e. The number of nitrogens with zero attached hydrogens (tertiary/aromatic N) is 2. The summed E-state index contributed by atoms with van der Waals surface area (Å²) in [6.45, 7) is 1.85. The van der Waals surface area contributed by atoms with Crippen LogP contribution in [0.15, 0.2) is 28.8 Å². The fourth-order valence-corrected chi connectivity index (χ4v) is 1.39. The van der Waals surface area contributed by atoms with E-state index in [4.69, 9.17) is 4.52 Å². The number of benzene rings is 1. The molecule has 0 aliphatic heterocycles. The zero-order chi connectivity index (χ0) is 13.2. The lowest BCUT2D eigenvalue weighted by Gasteiger charge is -2.09. The van der Waals surface area contributed by atoms with Crippen molar-refractivity contribution in [1.82, 2.24) is 10.1 Å². The van der Waals surface area contributed by atoms with Crippen molar-refractivity contribution in [2.24, 2.45) is 0 Å². The number of rotatable bonds is 3. The van der Waals surface area contributed by atoms with Gasteiger partial charge in [0, 0.05) is 5.69 Å². The minimum absolute atomic E-state index is 0.183. The SMILES string of the molecule is Cc1noc(CNc2cccc(C(F)(F)F)c2)n1. The third kappa shape index (κ3) is 2.99. The first kappa shape index (κ1) is 12.4. The van der Waals surface area contributed by atoms with Crippen LogP contribution in [-0.4, -0.2) is 10.1 Å². The zero-order valence-corrected chi connectivity index (χ0v) is 9.45. The summed E-state index contributed by atoms with van der Waals surface area (Å²) in [5.41, 5.74) is -0.352. The molecule has 1 aromatic carbocycles. The van der Waals surface area contributed by atoms with E-state index in [0.29, 0.717) is 17.4 Å². The Morgan fingerprint density at radius 2 is 2.11 bits per heavy atom. The fraction of sp³-hybridized carbons (Fsp3) is 0.273. The maximum absolute atomic E-state index is 12.5. The Morgan fingerprint density at radius 1 is 1.33 bits per heavy atom. The quantitative estimate of drug-likeness (QED) is 0.918. The number of nitrogens with one attached hydrogen (secondary N) is 1. The van der Waals surface area contributed by atoms with Crippen LogP contribution in [0.5, 0.6) is 0 Å². The molecule has 0 bridgehead atoms. The number of hydrogen-bond acceptors (Lipinski definition) is 4. The van der Waals surface area contributed by atoms with Gasteiger partial charge in [0.05, 0.1) is 12.1 Å². The maximum Gasteiger partial charge on any atom is 0.416 e. The van der Waals surface area contributed by atoms with Gasteiger partial charge < -0.3 is 9.84 Å². The Labute approximate surface area is 101 Å². The average Bonchev–Trinajstić information content (AvgIpc) is 2.72. The zero-order valence-electron chi connectivity index (χ0n) is 9.45. The largest absolute Gasteiger partial charge is 0.416 e. The molecule has 0 saturated heterocycles. The average molecular weight is 257 g/mol. The fourth-order valence-electron chi connectivity index (χ4n) is 1.39. The van der Waals surface area contributed by atoms with Crippen LogP contribution in [0.3, 0.4) is 0 Å². The van der Waals surface area contributed by atoms with Gasteiger partial charge in [0.2, 0.25) is 5.89 Å². The van der Waals surface area contributed by atoms with E-state index >= 15 is 0 Å². The van der Waals surface area contributed by atoms with E-state index in [1.807, 2.05) is 0 Å². The number of aryl methyl sites for hydroxylation is 1. The summed E-state index contributed by atoms with van der Waals surface area (Å²) in [4.78, 5) is 3.93. The molecule has 1 N–H and O–H groups in total. The number of halogens is 3. The lowest BCUT2D eigenvalue weighted by molar-refractivity contribution is -0.137. The van der Waals surface area contributed by atoms with E-state index < -0.39 is 11.7 Å². The Morgan fingerprint density at radius 3 is 2.72 bits per heavy atom. The number of aromatic nitrogens is 2. The third-order valence-electron chi connectivity index (χ3n) is 2.20. The first-order chi connectivity index (χ1) is 8.45. The highest BCUT2D eigenvalue weighted by molar-refractivity contribution is 5.46. The van der Waals surface area contributed by atoms with Crippen LogP contribution < -0.4 is 5.32 Å². The molecular weight excluding hydrogens is 247 g/mol. The third-order valence-corrected chi connectivity index (χ3v) is 2.20. The molecule has 0 aliphatic carbocycles. The van der Waals surface area contributed by atoms with Crippen molar-refractivity contribution in [3.63, 3.8) is 0 Å². The van der Waals surface area contributed by atoms with Gasteiger partial charge in [-0.3, -0.25) is 0 Å². The first-order valence-electron chi connectivity index (χ1n) is 5.15. The van der Waals surface area contributed by atoms with Crippen LogP contribution in [0, 0.1) is 6.92 Å². The molecule has 2 rings (SSSR count). The van der Waals surface area contributed by atoms with Gasteiger partial charge in [-0.25, -0.2) is 0 Å². The van der Waals surface area contributed by atoms with Crippen LogP contribution in [0.2, 0.25) is 0 Å². The minimum Gasteiger partial charge on any atom is -0.376 e. The van der Waals surface area contributed by atoms with Gasteiger partial charge in [0.25, 0.3) is 0 Å². The molecule has 0 aliphatic rings. The van der Waals surface area contributed by atoms with E-state index in [1.54, 1.807) is 13.0 Å². The molecule has 0 unspecified atom stereocenters. The number of alkyl halides is 3. The molecule has 0 fully saturated rings. The molecule has 7 heteroatoms. The molecule has 4 nitrogen and oxygen atoms in total. The van der Waals surface area contributed by atoms with Gasteiger partial charge in [0.1, 0.15) is 0 Å². The molecule has 0 amide bonds. The second kappa shape index (κ2) is 4.67. The second-order valence-electron chi connectivity index (χ2n) is 3.67. The van der Waals surface area contributed by atoms with Gasteiger partial charge in [-0.05, 0) is 25.1 Å². The van der Waals surface area contributed by atoms with Gasteiger partial charge in [0.15, 0.2) is 5.82 Å². The van der Waals surface area contributed by atoms with Gasteiger partial charge in [-0.1, -0.05) is 11.2 Å². The number of anilines is 1. The highest BCUT2D eigenvalue weighted by Gasteiger charge is 2.30. The molecular formula is C11H10F3N3O. The Kier molecular flexibility index (Phi) is 3.22. The van der Waals surface area contributed by atoms with Gasteiger partial charge in [-0.2, -0.15) is 18.2 Å². The minimum atomic E-state index is -4.35. The van der Waals surface area contributed by atoms with Crippen LogP contribution in [0.25, 0.3) is 0 Å². The summed E-state index contributed by atoms with van der Waals surface area (Å²) < 4.78 is 42.2. The molecule has 0 radical (unpaired) electrons. The van der Waals surface area contributed by atoms with Crippen LogP contribution in [0.4, 0.5) is 18.9 Å². The Balaban J connectivity index is 2.06. The van der Waals surface area contributed by atoms with E-state index in [1.165, 1.54) is 6.07 Å². The molecule has 1 aromatic heterocycles. The molecule has 0 saturated carbocycles. The summed E-state index contributed by atoms with van der Waals surface area (Å²) in [6, 6.07) is 4.92. The molecule has 2 aromatic rings. The normalized spacial score (nSPS) is 11.6. The summed E-state index contributed by atoms with van der Waals surface area (Å²) in [7, 11) is 0. The molecule has 18 heavy (non-hydrogen) atoms. The lowest BCUT2D eigenvalue weighted by Crippen LogP contribution is -2.06. The molecule has 96 valence electrons. The van der Waals surface area contributed by atoms with Crippen molar-refractivity contribution < 1.29 is 17.7 Å². The number of hydrogen-bond donors (Lipinski definition) is 1. The van der Waals surface area contributed by atoms with Crippen LogP contribution in [0.1, 0.15) is 17.3 Å². The summed E-state index contributed by atoms with van der Waals surface area (Å²) in [5.74, 6) is 0.806. The Hall–Kier alpha value is -2.05. The van der Waals surface area contributed by atoms with Crippen LogP contribution in [-0.2, 0) is 12.7 Å². The predicted molar refractivity (Wildman–Crippen MR) is 57.8 cm³/mol. The van der Waals surface area contributed by atoms with Crippen molar-refractivity contribution in [2.75, 3.05) is 5.32 Å². The first-order valence-corrected chi connectivity index (χ1v) is 5.15.